The Kier molecular flexibility index (Phi) is 5.17. The fraction of sp³-hybridized carbons (Fsp3) is 0.350. The first kappa shape index (κ1) is 20.9. The standard InChI is InChI=1S/C20H20ClNO7S/c1-11-8-9-12(10-15(11)21)30(26,27)22-20(25,19(23)24)29-17-7-3-5-14-13-4-2-6-16(13)28-18(14)17/h3,5,7-10,13,16,22,25H,2,4,6H2,1H3,(H,23,24). The minimum atomic E-state index is -4.48. The number of aliphatic carboxylic acids is 1. The molecule has 0 amide bonds. The zero-order valence-corrected chi connectivity index (χ0v) is 17.5. The molecule has 0 saturated heterocycles. The van der Waals surface area contributed by atoms with Gasteiger partial charge in [-0.3, -0.25) is 0 Å². The van der Waals surface area contributed by atoms with Gasteiger partial charge in [-0.05, 0) is 49.9 Å². The van der Waals surface area contributed by atoms with Crippen LogP contribution in [0.1, 0.15) is 36.3 Å². The minimum Gasteiger partial charge on any atom is -0.486 e. The van der Waals surface area contributed by atoms with Gasteiger partial charge in [0.1, 0.15) is 6.10 Å². The van der Waals surface area contributed by atoms with Gasteiger partial charge in [-0.1, -0.05) is 29.8 Å². The molecule has 3 atom stereocenters. The van der Waals surface area contributed by atoms with Gasteiger partial charge < -0.3 is 19.7 Å². The number of ether oxygens (including phenoxy) is 2. The SMILES string of the molecule is Cc1ccc(S(=O)(=O)NC(O)(Oc2cccc3c2OC2CCCC32)C(=O)O)cc1Cl. The largest absolute Gasteiger partial charge is 0.486 e. The Morgan fingerprint density at radius 2 is 2.07 bits per heavy atom. The van der Waals surface area contributed by atoms with Crippen molar-refractivity contribution in [1.29, 1.82) is 0 Å². The van der Waals surface area contributed by atoms with Crippen LogP contribution in [0.15, 0.2) is 41.3 Å². The molecular weight excluding hydrogens is 434 g/mol. The number of hydrogen-bond donors (Lipinski definition) is 3. The number of carboxylic acid groups (broad SMARTS) is 1. The third-order valence-corrected chi connectivity index (χ3v) is 7.23. The number of benzene rings is 2. The molecule has 0 bridgehead atoms. The van der Waals surface area contributed by atoms with Crippen LogP contribution in [0.25, 0.3) is 0 Å². The molecule has 2 aliphatic rings. The fourth-order valence-corrected chi connectivity index (χ4v) is 5.23. The number of nitrogens with one attached hydrogen (secondary N) is 1. The van der Waals surface area contributed by atoms with Crippen LogP contribution < -0.4 is 14.2 Å². The highest BCUT2D eigenvalue weighted by molar-refractivity contribution is 7.89. The Morgan fingerprint density at radius 3 is 2.77 bits per heavy atom. The number of rotatable bonds is 6. The van der Waals surface area contributed by atoms with Gasteiger partial charge in [0.05, 0.1) is 4.90 Å². The van der Waals surface area contributed by atoms with Crippen molar-refractivity contribution in [3.8, 4) is 11.5 Å². The number of aryl methyl sites for hydroxylation is 1. The van der Waals surface area contributed by atoms with Crippen molar-refractivity contribution in [3.63, 3.8) is 0 Å². The van der Waals surface area contributed by atoms with E-state index in [0.717, 1.165) is 30.9 Å². The van der Waals surface area contributed by atoms with Crippen LogP contribution in [0.5, 0.6) is 11.5 Å². The predicted octanol–water partition coefficient (Wildman–Crippen LogP) is 2.76. The Bertz CT molecular complexity index is 1120. The fourth-order valence-electron chi connectivity index (χ4n) is 3.85. The molecule has 10 heteroatoms. The highest BCUT2D eigenvalue weighted by Crippen LogP contribution is 2.51. The monoisotopic (exact) mass is 453 g/mol. The van der Waals surface area contributed by atoms with Crippen LogP contribution in [0, 0.1) is 6.92 Å². The number of hydrogen-bond acceptors (Lipinski definition) is 6. The van der Waals surface area contributed by atoms with E-state index in [-0.39, 0.29) is 27.7 Å². The molecule has 4 rings (SSSR count). The lowest BCUT2D eigenvalue weighted by Gasteiger charge is -2.26. The van der Waals surface area contributed by atoms with Crippen LogP contribution in [0.3, 0.4) is 0 Å². The van der Waals surface area contributed by atoms with Crippen molar-refractivity contribution < 1.29 is 32.9 Å². The topological polar surface area (TPSA) is 122 Å². The van der Waals surface area contributed by atoms with Gasteiger partial charge in [0, 0.05) is 16.5 Å². The van der Waals surface area contributed by atoms with E-state index in [1.807, 2.05) is 6.07 Å². The zero-order chi connectivity index (χ0) is 21.7. The summed E-state index contributed by atoms with van der Waals surface area (Å²) in [7, 11) is -4.48. The molecule has 8 nitrogen and oxygen atoms in total. The van der Waals surface area contributed by atoms with E-state index < -0.39 is 21.9 Å². The number of aliphatic hydroxyl groups is 1. The van der Waals surface area contributed by atoms with Crippen LogP contribution in [0.4, 0.5) is 0 Å². The lowest BCUT2D eigenvalue weighted by molar-refractivity contribution is -0.197. The smallest absolute Gasteiger partial charge is 0.395 e. The van der Waals surface area contributed by atoms with E-state index >= 15 is 0 Å². The first-order valence-electron chi connectivity index (χ1n) is 9.35. The second-order valence-electron chi connectivity index (χ2n) is 7.44. The third kappa shape index (κ3) is 3.62. The van der Waals surface area contributed by atoms with Crippen molar-refractivity contribution in [3.05, 3.63) is 52.5 Å². The maximum atomic E-state index is 12.7. The molecule has 1 saturated carbocycles. The lowest BCUT2D eigenvalue weighted by Crippen LogP contribution is -2.58. The van der Waals surface area contributed by atoms with Gasteiger partial charge in [-0.2, -0.15) is 0 Å². The highest BCUT2D eigenvalue weighted by Gasteiger charge is 2.46. The number of carboxylic acids is 1. The van der Waals surface area contributed by atoms with Crippen molar-refractivity contribution in [1.82, 2.24) is 4.72 Å². The summed E-state index contributed by atoms with van der Waals surface area (Å²) in [6, 6.07) is 8.80. The van der Waals surface area contributed by atoms with Gasteiger partial charge >= 0.3 is 11.9 Å². The summed E-state index contributed by atoms with van der Waals surface area (Å²) in [5, 5.41) is 20.3. The molecule has 0 radical (unpaired) electrons. The molecule has 1 aliphatic heterocycles. The minimum absolute atomic E-state index is 0.0333. The number of halogens is 1. The molecule has 2 aromatic carbocycles. The highest BCUT2D eigenvalue weighted by atomic mass is 35.5. The number of fused-ring (bicyclic) bond motifs is 3. The van der Waals surface area contributed by atoms with Gasteiger partial charge in [0.25, 0.3) is 0 Å². The molecule has 1 aliphatic carbocycles. The van der Waals surface area contributed by atoms with E-state index in [0.29, 0.717) is 11.3 Å². The first-order valence-corrected chi connectivity index (χ1v) is 11.2. The summed E-state index contributed by atoms with van der Waals surface area (Å²) in [6.45, 7) is 1.69. The lowest BCUT2D eigenvalue weighted by atomic mass is 9.97. The predicted molar refractivity (Wildman–Crippen MR) is 107 cm³/mol. The van der Waals surface area contributed by atoms with Gasteiger partial charge in [0.2, 0.25) is 10.0 Å². The summed E-state index contributed by atoms with van der Waals surface area (Å²) in [5.41, 5.74) is 1.50. The average Bonchev–Trinajstić information content (AvgIpc) is 3.25. The number of carbonyl (C=O) groups is 1. The molecule has 0 aromatic heterocycles. The van der Waals surface area contributed by atoms with E-state index in [2.05, 4.69) is 0 Å². The Balaban J connectivity index is 1.65. The summed E-state index contributed by atoms with van der Waals surface area (Å²) in [4.78, 5) is 11.5. The second kappa shape index (κ2) is 7.42. The first-order chi connectivity index (χ1) is 14.1. The number of sulfonamides is 1. The Morgan fingerprint density at radius 1 is 1.30 bits per heavy atom. The van der Waals surface area contributed by atoms with Crippen molar-refractivity contribution in [2.75, 3.05) is 0 Å². The van der Waals surface area contributed by atoms with E-state index in [1.54, 1.807) is 17.7 Å². The van der Waals surface area contributed by atoms with Crippen LogP contribution >= 0.6 is 11.6 Å². The summed E-state index contributed by atoms with van der Waals surface area (Å²) < 4.78 is 38.3. The van der Waals surface area contributed by atoms with Crippen LogP contribution in [-0.4, -0.2) is 36.6 Å². The third-order valence-electron chi connectivity index (χ3n) is 5.40. The second-order valence-corrected chi connectivity index (χ2v) is 9.53. The van der Waals surface area contributed by atoms with E-state index in [4.69, 9.17) is 21.1 Å². The maximum absolute atomic E-state index is 12.7. The summed E-state index contributed by atoms with van der Waals surface area (Å²) in [5.74, 6) is -4.75. The summed E-state index contributed by atoms with van der Waals surface area (Å²) in [6.07, 6.45) is 2.79. The molecular formula is C20H20ClNO7S. The average molecular weight is 454 g/mol. The number of para-hydroxylation sites is 1. The molecule has 30 heavy (non-hydrogen) atoms. The van der Waals surface area contributed by atoms with Gasteiger partial charge in [0.15, 0.2) is 11.5 Å². The van der Waals surface area contributed by atoms with E-state index in [9.17, 15) is 23.4 Å². The zero-order valence-electron chi connectivity index (χ0n) is 16.0. The van der Waals surface area contributed by atoms with Crippen molar-refractivity contribution >= 4 is 27.6 Å². The maximum Gasteiger partial charge on any atom is 0.395 e. The molecule has 0 spiro atoms. The van der Waals surface area contributed by atoms with E-state index in [1.165, 1.54) is 18.2 Å². The molecule has 3 N–H and O–H groups in total. The quantitative estimate of drug-likeness (QED) is 0.575. The van der Waals surface area contributed by atoms with Gasteiger partial charge in [-0.25, -0.2) is 13.2 Å². The molecule has 1 fully saturated rings. The molecule has 2 aromatic rings. The molecule has 3 unspecified atom stereocenters. The summed E-state index contributed by atoms with van der Waals surface area (Å²) >= 11 is 5.98. The van der Waals surface area contributed by atoms with Crippen molar-refractivity contribution in [2.24, 2.45) is 0 Å². The normalized spacial score (nSPS) is 22.0. The molecule has 160 valence electrons. The van der Waals surface area contributed by atoms with Crippen molar-refractivity contribution in [2.45, 2.75) is 49.0 Å². The van der Waals surface area contributed by atoms with Crippen LogP contribution in [-0.2, 0) is 14.8 Å². The van der Waals surface area contributed by atoms with Crippen LogP contribution in [0.2, 0.25) is 5.02 Å². The Labute approximate surface area is 178 Å². The molecule has 1 heterocycles. The van der Waals surface area contributed by atoms with Gasteiger partial charge in [-0.15, -0.1) is 4.72 Å². The Hall–Kier alpha value is -2.33.